The first-order valence-corrected chi connectivity index (χ1v) is 6.91. The highest BCUT2D eigenvalue weighted by molar-refractivity contribution is 7.13. The van der Waals surface area contributed by atoms with Crippen molar-refractivity contribution in [1.29, 1.82) is 0 Å². The van der Waals surface area contributed by atoms with Gasteiger partial charge in [-0.15, -0.1) is 11.3 Å². The maximum absolute atomic E-state index is 14.0. The zero-order valence-electron chi connectivity index (χ0n) is 10.9. The van der Waals surface area contributed by atoms with Gasteiger partial charge in [-0.25, -0.2) is 9.37 Å². The van der Waals surface area contributed by atoms with Crippen LogP contribution in [0.4, 0.5) is 14.5 Å². The van der Waals surface area contributed by atoms with Crippen molar-refractivity contribution in [3.8, 4) is 10.6 Å². The second kappa shape index (κ2) is 5.62. The minimum Gasteiger partial charge on any atom is -0.258 e. The Morgan fingerprint density at radius 3 is 2.75 bits per heavy atom. The summed E-state index contributed by atoms with van der Waals surface area (Å²) in [7, 11) is 0. The summed E-state index contributed by atoms with van der Waals surface area (Å²) in [5.74, 6) is -1.86. The van der Waals surface area contributed by atoms with Crippen molar-refractivity contribution < 1.29 is 13.7 Å². The molecule has 1 unspecified atom stereocenters. The van der Waals surface area contributed by atoms with E-state index in [4.69, 9.17) is 0 Å². The average Bonchev–Trinajstić information content (AvgIpc) is 2.87. The molecule has 7 heteroatoms. The van der Waals surface area contributed by atoms with Gasteiger partial charge in [0.15, 0.2) is 0 Å². The number of nitrogens with zero attached hydrogens (tertiary/aromatic N) is 2. The van der Waals surface area contributed by atoms with Gasteiger partial charge in [-0.2, -0.15) is 4.39 Å². The topological polar surface area (TPSA) is 56.0 Å². The van der Waals surface area contributed by atoms with Crippen molar-refractivity contribution in [2.45, 2.75) is 26.2 Å². The summed E-state index contributed by atoms with van der Waals surface area (Å²) in [5, 5.41) is 12.5. The molecule has 2 rings (SSSR count). The fourth-order valence-corrected chi connectivity index (χ4v) is 2.70. The minimum absolute atomic E-state index is 0.124. The van der Waals surface area contributed by atoms with Gasteiger partial charge in [0, 0.05) is 11.4 Å². The fraction of sp³-hybridized carbons (Fsp3) is 0.308. The Morgan fingerprint density at radius 1 is 1.45 bits per heavy atom. The van der Waals surface area contributed by atoms with Gasteiger partial charge < -0.3 is 0 Å². The van der Waals surface area contributed by atoms with Crippen molar-refractivity contribution in [3.05, 3.63) is 45.0 Å². The molecule has 0 aliphatic carbocycles. The highest BCUT2D eigenvalue weighted by Crippen LogP contribution is 2.34. The molecule has 1 aromatic carbocycles. The normalized spacial score (nSPS) is 12.4. The lowest BCUT2D eigenvalue weighted by atomic mass is 10.1. The van der Waals surface area contributed by atoms with E-state index >= 15 is 0 Å². The summed E-state index contributed by atoms with van der Waals surface area (Å²) >= 11 is 1.08. The molecule has 4 nitrogen and oxygen atoms in total. The van der Waals surface area contributed by atoms with E-state index in [2.05, 4.69) is 4.98 Å². The van der Waals surface area contributed by atoms with Gasteiger partial charge in [0.25, 0.3) is 0 Å². The van der Waals surface area contributed by atoms with E-state index in [-0.39, 0.29) is 10.9 Å². The Kier molecular flexibility index (Phi) is 4.08. The standard InChI is InChI=1S/C13H12F2N2O2S/c1-3-7(2)9-6-20-13(16-9)11-8(14)4-5-10(12(11)15)17(18)19/h4-7H,3H2,1-2H3. The van der Waals surface area contributed by atoms with Crippen LogP contribution in [0.15, 0.2) is 17.5 Å². The molecule has 1 heterocycles. The van der Waals surface area contributed by atoms with E-state index in [0.717, 1.165) is 35.6 Å². The van der Waals surface area contributed by atoms with Crippen LogP contribution in [-0.4, -0.2) is 9.91 Å². The van der Waals surface area contributed by atoms with Crippen LogP contribution in [0.2, 0.25) is 0 Å². The third kappa shape index (κ3) is 2.53. The van der Waals surface area contributed by atoms with Crippen molar-refractivity contribution in [3.63, 3.8) is 0 Å². The molecule has 0 aliphatic rings. The Hall–Kier alpha value is -1.89. The molecule has 106 valence electrons. The lowest BCUT2D eigenvalue weighted by Crippen LogP contribution is -1.98. The number of halogens is 2. The second-order valence-corrected chi connectivity index (χ2v) is 5.26. The third-order valence-electron chi connectivity index (χ3n) is 3.12. The number of rotatable bonds is 4. The van der Waals surface area contributed by atoms with Crippen LogP contribution >= 0.6 is 11.3 Å². The first-order valence-electron chi connectivity index (χ1n) is 6.03. The summed E-state index contributed by atoms with van der Waals surface area (Å²) in [6.45, 7) is 3.94. The molecule has 20 heavy (non-hydrogen) atoms. The van der Waals surface area contributed by atoms with E-state index in [0.29, 0.717) is 0 Å². The second-order valence-electron chi connectivity index (χ2n) is 4.40. The predicted octanol–water partition coefficient (Wildman–Crippen LogP) is 4.51. The van der Waals surface area contributed by atoms with Crippen LogP contribution in [0.3, 0.4) is 0 Å². The summed E-state index contributed by atoms with van der Waals surface area (Å²) < 4.78 is 27.8. The molecule has 0 spiro atoms. The fourth-order valence-electron chi connectivity index (χ4n) is 1.72. The van der Waals surface area contributed by atoms with Crippen LogP contribution in [0.25, 0.3) is 10.6 Å². The Balaban J connectivity index is 2.55. The number of aromatic nitrogens is 1. The minimum atomic E-state index is -1.18. The molecule has 0 radical (unpaired) electrons. The summed E-state index contributed by atoms with van der Waals surface area (Å²) in [5.41, 5.74) is -0.446. The molecule has 0 bridgehead atoms. The van der Waals surface area contributed by atoms with E-state index in [1.807, 2.05) is 13.8 Å². The Labute approximate surface area is 118 Å². The van der Waals surface area contributed by atoms with E-state index < -0.39 is 27.8 Å². The van der Waals surface area contributed by atoms with E-state index in [9.17, 15) is 18.9 Å². The molecule has 0 amide bonds. The average molecular weight is 298 g/mol. The number of hydrogen-bond donors (Lipinski definition) is 0. The van der Waals surface area contributed by atoms with Crippen molar-refractivity contribution in [2.24, 2.45) is 0 Å². The van der Waals surface area contributed by atoms with Crippen LogP contribution in [0, 0.1) is 21.7 Å². The first-order chi connectivity index (χ1) is 9.45. The lowest BCUT2D eigenvalue weighted by molar-refractivity contribution is -0.387. The number of benzene rings is 1. The van der Waals surface area contributed by atoms with Gasteiger partial charge in [-0.3, -0.25) is 10.1 Å². The van der Waals surface area contributed by atoms with Crippen LogP contribution in [0.1, 0.15) is 31.9 Å². The smallest absolute Gasteiger partial charge is 0.258 e. The number of nitro benzene ring substituents is 1. The van der Waals surface area contributed by atoms with E-state index in [1.54, 1.807) is 5.38 Å². The molecule has 1 atom stereocenters. The number of thiazole rings is 1. The van der Waals surface area contributed by atoms with Gasteiger partial charge in [0.1, 0.15) is 10.8 Å². The highest BCUT2D eigenvalue weighted by Gasteiger charge is 2.24. The number of hydrogen-bond acceptors (Lipinski definition) is 4. The predicted molar refractivity (Wildman–Crippen MR) is 72.8 cm³/mol. The van der Waals surface area contributed by atoms with Gasteiger partial charge >= 0.3 is 5.69 Å². The molecule has 1 aromatic heterocycles. The van der Waals surface area contributed by atoms with Gasteiger partial charge in [-0.1, -0.05) is 13.8 Å². The van der Waals surface area contributed by atoms with Crippen LogP contribution in [0.5, 0.6) is 0 Å². The zero-order chi connectivity index (χ0) is 14.9. The maximum Gasteiger partial charge on any atom is 0.305 e. The summed E-state index contributed by atoms with van der Waals surface area (Å²) in [6.07, 6.45) is 0.850. The van der Waals surface area contributed by atoms with E-state index in [1.165, 1.54) is 0 Å². The lowest BCUT2D eigenvalue weighted by Gasteiger charge is -2.04. The zero-order valence-corrected chi connectivity index (χ0v) is 11.7. The Bertz CT molecular complexity index is 658. The number of nitro groups is 1. The monoisotopic (exact) mass is 298 g/mol. The Morgan fingerprint density at radius 2 is 2.15 bits per heavy atom. The molecular weight excluding hydrogens is 286 g/mol. The summed E-state index contributed by atoms with van der Waals surface area (Å²) in [4.78, 5) is 14.0. The molecule has 0 fully saturated rings. The van der Waals surface area contributed by atoms with Crippen molar-refractivity contribution in [2.75, 3.05) is 0 Å². The van der Waals surface area contributed by atoms with Crippen LogP contribution < -0.4 is 0 Å². The maximum atomic E-state index is 14.0. The SMILES string of the molecule is CCC(C)c1csc(-c2c(F)ccc([N+](=O)[O-])c2F)n1. The molecule has 0 saturated heterocycles. The molecule has 2 aromatic rings. The largest absolute Gasteiger partial charge is 0.305 e. The molecular formula is C13H12F2N2O2S. The van der Waals surface area contributed by atoms with Gasteiger partial charge in [0.05, 0.1) is 16.2 Å². The highest BCUT2D eigenvalue weighted by atomic mass is 32.1. The van der Waals surface area contributed by atoms with Crippen molar-refractivity contribution in [1.82, 2.24) is 4.98 Å². The van der Waals surface area contributed by atoms with Gasteiger partial charge in [0.2, 0.25) is 5.82 Å². The molecule has 0 saturated carbocycles. The third-order valence-corrected chi connectivity index (χ3v) is 4.00. The van der Waals surface area contributed by atoms with Crippen LogP contribution in [-0.2, 0) is 0 Å². The first kappa shape index (κ1) is 14.5. The van der Waals surface area contributed by atoms with Gasteiger partial charge in [-0.05, 0) is 18.4 Å². The summed E-state index contributed by atoms with van der Waals surface area (Å²) in [6, 6.07) is 1.71. The molecule has 0 aliphatic heterocycles. The molecule has 0 N–H and O–H groups in total. The quantitative estimate of drug-likeness (QED) is 0.616. The van der Waals surface area contributed by atoms with Crippen molar-refractivity contribution >= 4 is 17.0 Å².